The molecular formula is C15H19ClF3N3O. The first-order valence-corrected chi connectivity index (χ1v) is 7.73. The number of carbonyl (C=O) groups is 1. The molecule has 128 valence electrons. The fourth-order valence-electron chi connectivity index (χ4n) is 2.46. The Morgan fingerprint density at radius 3 is 2.35 bits per heavy atom. The molecule has 0 spiro atoms. The van der Waals surface area contributed by atoms with Crippen molar-refractivity contribution in [2.75, 3.05) is 31.5 Å². The van der Waals surface area contributed by atoms with E-state index in [0.29, 0.717) is 19.1 Å². The van der Waals surface area contributed by atoms with Crippen LogP contribution in [-0.4, -0.2) is 48.1 Å². The number of amides is 2. The van der Waals surface area contributed by atoms with Crippen molar-refractivity contribution in [1.29, 1.82) is 0 Å². The summed E-state index contributed by atoms with van der Waals surface area (Å²) >= 11 is 5.56. The molecule has 0 saturated carbocycles. The Bertz CT molecular complexity index is 570. The molecule has 2 amide bonds. The molecule has 1 aliphatic heterocycles. The van der Waals surface area contributed by atoms with E-state index in [1.54, 1.807) is 4.90 Å². The maximum absolute atomic E-state index is 12.8. The Hall–Kier alpha value is -1.47. The molecule has 4 nitrogen and oxygen atoms in total. The van der Waals surface area contributed by atoms with Gasteiger partial charge in [0, 0.05) is 37.9 Å². The molecule has 1 fully saturated rings. The summed E-state index contributed by atoms with van der Waals surface area (Å²) in [7, 11) is 0. The van der Waals surface area contributed by atoms with Gasteiger partial charge < -0.3 is 10.2 Å². The van der Waals surface area contributed by atoms with E-state index in [4.69, 9.17) is 11.6 Å². The number of piperazine rings is 1. The third kappa shape index (κ3) is 4.51. The summed E-state index contributed by atoms with van der Waals surface area (Å²) in [5.41, 5.74) is -0.875. The quantitative estimate of drug-likeness (QED) is 0.878. The highest BCUT2D eigenvalue weighted by molar-refractivity contribution is 6.31. The number of alkyl halides is 3. The highest BCUT2D eigenvalue weighted by atomic mass is 35.5. The minimum atomic E-state index is -4.55. The van der Waals surface area contributed by atoms with Gasteiger partial charge in [-0.15, -0.1) is 0 Å². The van der Waals surface area contributed by atoms with Crippen molar-refractivity contribution < 1.29 is 18.0 Å². The zero-order valence-electron chi connectivity index (χ0n) is 13.0. The van der Waals surface area contributed by atoms with Crippen LogP contribution in [0.15, 0.2) is 18.2 Å². The van der Waals surface area contributed by atoms with Gasteiger partial charge in [-0.05, 0) is 32.0 Å². The van der Waals surface area contributed by atoms with Crippen molar-refractivity contribution in [3.8, 4) is 0 Å². The second-order valence-electron chi connectivity index (χ2n) is 5.74. The predicted octanol–water partition coefficient (Wildman–Crippen LogP) is 3.92. The first-order valence-electron chi connectivity index (χ1n) is 7.35. The normalized spacial score (nSPS) is 16.7. The summed E-state index contributed by atoms with van der Waals surface area (Å²) in [5, 5.41) is 2.12. The highest BCUT2D eigenvalue weighted by Crippen LogP contribution is 2.36. The van der Waals surface area contributed by atoms with Crippen LogP contribution in [-0.2, 0) is 6.18 Å². The van der Waals surface area contributed by atoms with E-state index in [0.717, 1.165) is 25.2 Å². The van der Waals surface area contributed by atoms with Crippen LogP contribution in [0.2, 0.25) is 5.02 Å². The Morgan fingerprint density at radius 1 is 1.22 bits per heavy atom. The van der Waals surface area contributed by atoms with Crippen LogP contribution in [0.1, 0.15) is 19.4 Å². The summed E-state index contributed by atoms with van der Waals surface area (Å²) in [6, 6.07) is 3.36. The number of hydrogen-bond acceptors (Lipinski definition) is 2. The summed E-state index contributed by atoms with van der Waals surface area (Å²) in [4.78, 5) is 16.0. The van der Waals surface area contributed by atoms with E-state index in [1.165, 1.54) is 6.07 Å². The van der Waals surface area contributed by atoms with E-state index < -0.39 is 17.8 Å². The second kappa shape index (κ2) is 6.97. The fraction of sp³-hybridized carbons (Fsp3) is 0.533. The number of nitrogens with zero attached hydrogens (tertiary/aromatic N) is 2. The Kier molecular flexibility index (Phi) is 5.41. The minimum absolute atomic E-state index is 0.0815. The molecule has 1 aliphatic rings. The molecule has 1 heterocycles. The van der Waals surface area contributed by atoms with Crippen LogP contribution in [0.3, 0.4) is 0 Å². The Morgan fingerprint density at radius 2 is 1.83 bits per heavy atom. The van der Waals surface area contributed by atoms with Crippen molar-refractivity contribution in [3.05, 3.63) is 28.8 Å². The van der Waals surface area contributed by atoms with E-state index >= 15 is 0 Å². The minimum Gasteiger partial charge on any atom is -0.322 e. The lowest BCUT2D eigenvalue weighted by Crippen LogP contribution is -2.51. The Labute approximate surface area is 138 Å². The molecule has 1 saturated heterocycles. The molecule has 0 radical (unpaired) electrons. The van der Waals surface area contributed by atoms with E-state index in [2.05, 4.69) is 24.1 Å². The zero-order valence-corrected chi connectivity index (χ0v) is 13.7. The van der Waals surface area contributed by atoms with Gasteiger partial charge in [0.2, 0.25) is 0 Å². The van der Waals surface area contributed by atoms with Crippen LogP contribution in [0.5, 0.6) is 0 Å². The van der Waals surface area contributed by atoms with Gasteiger partial charge in [0.25, 0.3) is 0 Å². The number of rotatable bonds is 2. The molecule has 23 heavy (non-hydrogen) atoms. The van der Waals surface area contributed by atoms with Gasteiger partial charge in [0.05, 0.1) is 10.6 Å². The number of nitrogens with one attached hydrogen (secondary N) is 1. The molecular weight excluding hydrogens is 331 g/mol. The molecule has 1 aromatic rings. The van der Waals surface area contributed by atoms with Crippen molar-refractivity contribution in [2.24, 2.45) is 0 Å². The van der Waals surface area contributed by atoms with Crippen molar-refractivity contribution in [2.45, 2.75) is 26.1 Å². The lowest BCUT2D eigenvalue weighted by atomic mass is 10.2. The van der Waals surface area contributed by atoms with Crippen molar-refractivity contribution in [3.63, 3.8) is 0 Å². The molecule has 0 aromatic heterocycles. The highest BCUT2D eigenvalue weighted by Gasteiger charge is 2.33. The molecule has 0 unspecified atom stereocenters. The number of urea groups is 1. The maximum atomic E-state index is 12.8. The molecule has 1 aromatic carbocycles. The SMILES string of the molecule is CC(C)N1CCN(C(=O)Nc2ccc(Cl)c(C(F)(F)F)c2)CC1. The van der Waals surface area contributed by atoms with Gasteiger partial charge in [-0.3, -0.25) is 4.90 Å². The third-order valence-electron chi connectivity index (χ3n) is 3.85. The number of hydrogen-bond donors (Lipinski definition) is 1. The average molecular weight is 350 g/mol. The molecule has 1 N–H and O–H groups in total. The maximum Gasteiger partial charge on any atom is 0.417 e. The zero-order chi connectivity index (χ0) is 17.2. The van der Waals surface area contributed by atoms with E-state index in [-0.39, 0.29) is 10.7 Å². The van der Waals surface area contributed by atoms with Gasteiger partial charge in [-0.25, -0.2) is 4.79 Å². The van der Waals surface area contributed by atoms with Gasteiger partial charge in [0.15, 0.2) is 0 Å². The van der Waals surface area contributed by atoms with Gasteiger partial charge in [0.1, 0.15) is 0 Å². The topological polar surface area (TPSA) is 35.6 Å². The fourth-order valence-corrected chi connectivity index (χ4v) is 2.69. The monoisotopic (exact) mass is 349 g/mol. The number of halogens is 4. The largest absolute Gasteiger partial charge is 0.417 e. The second-order valence-corrected chi connectivity index (χ2v) is 6.15. The molecule has 0 bridgehead atoms. The predicted molar refractivity (Wildman–Crippen MR) is 83.8 cm³/mol. The molecule has 0 atom stereocenters. The summed E-state index contributed by atoms with van der Waals surface area (Å²) < 4.78 is 38.5. The standard InChI is InChI=1S/C15H19ClF3N3O/c1-10(2)21-5-7-22(8-6-21)14(23)20-11-3-4-13(16)12(9-11)15(17,18)19/h3-4,9-10H,5-8H2,1-2H3,(H,20,23). The van der Waals surface area contributed by atoms with E-state index in [9.17, 15) is 18.0 Å². The first-order chi connectivity index (χ1) is 10.7. The van der Waals surface area contributed by atoms with Crippen molar-refractivity contribution in [1.82, 2.24) is 9.80 Å². The average Bonchev–Trinajstić information content (AvgIpc) is 2.48. The van der Waals surface area contributed by atoms with Crippen molar-refractivity contribution >= 4 is 23.3 Å². The van der Waals surface area contributed by atoms with Crippen LogP contribution < -0.4 is 5.32 Å². The van der Waals surface area contributed by atoms with Gasteiger partial charge in [-0.1, -0.05) is 11.6 Å². The van der Waals surface area contributed by atoms with Crippen LogP contribution in [0.25, 0.3) is 0 Å². The molecule has 8 heteroatoms. The van der Waals surface area contributed by atoms with Gasteiger partial charge >= 0.3 is 12.2 Å². The summed E-state index contributed by atoms with van der Waals surface area (Å²) in [5.74, 6) is 0. The molecule has 0 aliphatic carbocycles. The summed E-state index contributed by atoms with van der Waals surface area (Å²) in [6.45, 7) is 6.76. The Balaban J connectivity index is 2.01. The summed E-state index contributed by atoms with van der Waals surface area (Å²) in [6.07, 6.45) is -4.55. The van der Waals surface area contributed by atoms with E-state index in [1.807, 2.05) is 0 Å². The van der Waals surface area contributed by atoms with Crippen LogP contribution >= 0.6 is 11.6 Å². The third-order valence-corrected chi connectivity index (χ3v) is 4.18. The lowest BCUT2D eigenvalue weighted by Gasteiger charge is -2.36. The molecule has 2 rings (SSSR count). The number of anilines is 1. The first kappa shape index (κ1) is 17.9. The van der Waals surface area contributed by atoms with Crippen LogP contribution in [0.4, 0.5) is 23.7 Å². The number of benzene rings is 1. The lowest BCUT2D eigenvalue weighted by molar-refractivity contribution is -0.137. The van der Waals surface area contributed by atoms with Crippen LogP contribution in [0, 0.1) is 0 Å². The smallest absolute Gasteiger partial charge is 0.322 e. The van der Waals surface area contributed by atoms with Gasteiger partial charge in [-0.2, -0.15) is 13.2 Å². The number of carbonyl (C=O) groups excluding carboxylic acids is 1.